The molecule has 2 aliphatic rings. The lowest BCUT2D eigenvalue weighted by molar-refractivity contribution is 0.667. The van der Waals surface area contributed by atoms with Gasteiger partial charge in [0.05, 0.1) is 3.23 Å². The third-order valence-corrected chi connectivity index (χ3v) is 5.48. The van der Waals surface area contributed by atoms with Gasteiger partial charge in [-0.1, -0.05) is 56.1 Å². The first-order valence-electron chi connectivity index (χ1n) is 4.67. The van der Waals surface area contributed by atoms with E-state index in [1.165, 1.54) is 12.8 Å². The Bertz CT molecular complexity index is 357. The summed E-state index contributed by atoms with van der Waals surface area (Å²) in [6, 6.07) is 8.83. The second kappa shape index (κ2) is 2.60. The van der Waals surface area contributed by atoms with E-state index in [1.54, 1.807) is 11.1 Å². The molecule has 0 nitrogen and oxygen atoms in total. The molecule has 0 unspecified atom stereocenters. The van der Waals surface area contributed by atoms with Crippen molar-refractivity contribution >= 4 is 31.9 Å². The maximum Gasteiger partial charge on any atom is 0.0911 e. The smallest absolute Gasteiger partial charge is 0.0717 e. The highest BCUT2D eigenvalue weighted by Crippen LogP contribution is 2.70. The van der Waals surface area contributed by atoms with E-state index in [0.29, 0.717) is 5.92 Å². The predicted octanol–water partition coefficient (Wildman–Crippen LogP) is 3.83. The zero-order valence-corrected chi connectivity index (χ0v) is 10.3. The van der Waals surface area contributed by atoms with Crippen molar-refractivity contribution in [2.45, 2.75) is 22.0 Å². The van der Waals surface area contributed by atoms with E-state index in [0.717, 1.165) is 5.92 Å². The van der Waals surface area contributed by atoms with Crippen molar-refractivity contribution in [3.63, 3.8) is 0 Å². The van der Waals surface area contributed by atoms with Gasteiger partial charge in [0.25, 0.3) is 0 Å². The Morgan fingerprint density at radius 2 is 2.00 bits per heavy atom. The quantitative estimate of drug-likeness (QED) is 0.639. The van der Waals surface area contributed by atoms with Crippen LogP contribution < -0.4 is 0 Å². The second-order valence-corrected chi connectivity index (χ2v) is 7.68. The normalized spacial score (nSPS) is 33.4. The molecule has 3 rings (SSSR count). The number of hydrogen-bond donors (Lipinski definition) is 0. The maximum atomic E-state index is 3.77. The van der Waals surface area contributed by atoms with Crippen LogP contribution in [0, 0.1) is 5.92 Å². The molecular weight excluding hydrogens is 292 g/mol. The molecule has 0 aromatic heterocycles. The molecule has 0 spiro atoms. The molecule has 2 atom stereocenters. The number of benzene rings is 1. The Morgan fingerprint density at radius 3 is 2.85 bits per heavy atom. The summed E-state index contributed by atoms with van der Waals surface area (Å²) in [6.45, 7) is 0. The van der Waals surface area contributed by atoms with Crippen LogP contribution in [0.4, 0.5) is 0 Å². The number of aryl methyl sites for hydroxylation is 1. The fourth-order valence-electron chi connectivity index (χ4n) is 2.55. The highest BCUT2D eigenvalue weighted by Gasteiger charge is 2.63. The summed E-state index contributed by atoms with van der Waals surface area (Å²) in [6.07, 6.45) is 2.56. The van der Waals surface area contributed by atoms with Crippen LogP contribution in [-0.2, 0) is 6.42 Å². The minimum Gasteiger partial charge on any atom is -0.0717 e. The monoisotopic (exact) mass is 300 g/mol. The van der Waals surface area contributed by atoms with Gasteiger partial charge in [0, 0.05) is 5.92 Å². The van der Waals surface area contributed by atoms with Crippen molar-refractivity contribution in [1.82, 2.24) is 0 Å². The molecule has 1 saturated carbocycles. The fraction of sp³-hybridized carbons (Fsp3) is 0.455. The largest absolute Gasteiger partial charge is 0.0911 e. The van der Waals surface area contributed by atoms with Crippen LogP contribution in [0.3, 0.4) is 0 Å². The van der Waals surface area contributed by atoms with Crippen molar-refractivity contribution < 1.29 is 0 Å². The van der Waals surface area contributed by atoms with Crippen molar-refractivity contribution in [3.05, 3.63) is 35.4 Å². The van der Waals surface area contributed by atoms with Gasteiger partial charge in [-0.05, 0) is 29.9 Å². The molecule has 0 aliphatic heterocycles. The average molecular weight is 302 g/mol. The molecule has 0 N–H and O–H groups in total. The first-order valence-corrected chi connectivity index (χ1v) is 6.25. The molecule has 0 radical (unpaired) electrons. The van der Waals surface area contributed by atoms with Gasteiger partial charge < -0.3 is 0 Å². The zero-order valence-electron chi connectivity index (χ0n) is 7.13. The van der Waals surface area contributed by atoms with Gasteiger partial charge in [-0.2, -0.15) is 0 Å². The Labute approximate surface area is 95.0 Å². The first kappa shape index (κ1) is 8.49. The van der Waals surface area contributed by atoms with Crippen LogP contribution in [0.1, 0.15) is 23.5 Å². The van der Waals surface area contributed by atoms with Gasteiger partial charge in [-0.15, -0.1) is 0 Å². The average Bonchev–Trinajstić information content (AvgIpc) is 2.70. The van der Waals surface area contributed by atoms with E-state index in [1.807, 2.05) is 0 Å². The molecule has 2 heteroatoms. The molecule has 1 aromatic rings. The fourth-order valence-corrected chi connectivity index (χ4v) is 4.40. The van der Waals surface area contributed by atoms with Gasteiger partial charge in [-0.3, -0.25) is 0 Å². The molecule has 0 amide bonds. The summed E-state index contributed by atoms with van der Waals surface area (Å²) < 4.78 is 0.215. The summed E-state index contributed by atoms with van der Waals surface area (Å²) in [4.78, 5) is 0. The highest BCUT2D eigenvalue weighted by atomic mass is 79.9. The molecule has 2 aliphatic carbocycles. The Hall–Kier alpha value is 0.180. The zero-order chi connectivity index (χ0) is 9.05. The number of hydrogen-bond acceptors (Lipinski definition) is 0. The van der Waals surface area contributed by atoms with Gasteiger partial charge in [-0.25, -0.2) is 0 Å². The highest BCUT2D eigenvalue weighted by molar-refractivity contribution is 9.25. The van der Waals surface area contributed by atoms with Crippen LogP contribution in [0.5, 0.6) is 0 Å². The lowest BCUT2D eigenvalue weighted by Gasteiger charge is -2.12. The van der Waals surface area contributed by atoms with Crippen LogP contribution >= 0.6 is 31.9 Å². The van der Waals surface area contributed by atoms with Crippen molar-refractivity contribution in [2.75, 3.05) is 0 Å². The van der Waals surface area contributed by atoms with Crippen molar-refractivity contribution in [3.8, 4) is 0 Å². The van der Waals surface area contributed by atoms with Crippen molar-refractivity contribution in [1.29, 1.82) is 0 Å². The van der Waals surface area contributed by atoms with E-state index in [4.69, 9.17) is 0 Å². The maximum absolute atomic E-state index is 3.77. The van der Waals surface area contributed by atoms with Gasteiger partial charge in [0.2, 0.25) is 0 Å². The van der Waals surface area contributed by atoms with Crippen LogP contribution in [-0.4, -0.2) is 3.23 Å². The molecule has 0 heterocycles. The molecular formula is C11H10Br2. The van der Waals surface area contributed by atoms with E-state index in [2.05, 4.69) is 56.1 Å². The Kier molecular flexibility index (Phi) is 1.70. The topological polar surface area (TPSA) is 0 Å². The van der Waals surface area contributed by atoms with Crippen LogP contribution in [0.2, 0.25) is 0 Å². The Balaban J connectivity index is 2.10. The molecule has 1 fully saturated rings. The van der Waals surface area contributed by atoms with E-state index in [-0.39, 0.29) is 3.23 Å². The molecule has 13 heavy (non-hydrogen) atoms. The second-order valence-electron chi connectivity index (χ2n) is 4.00. The number of fused-ring (bicyclic) bond motifs is 3. The predicted molar refractivity (Wildman–Crippen MR) is 61.6 cm³/mol. The van der Waals surface area contributed by atoms with Crippen LogP contribution in [0.25, 0.3) is 0 Å². The van der Waals surface area contributed by atoms with Gasteiger partial charge in [0.15, 0.2) is 0 Å². The van der Waals surface area contributed by atoms with Gasteiger partial charge in [0.1, 0.15) is 0 Å². The van der Waals surface area contributed by atoms with E-state index in [9.17, 15) is 0 Å². The first-order chi connectivity index (χ1) is 6.21. The van der Waals surface area contributed by atoms with E-state index < -0.39 is 0 Å². The van der Waals surface area contributed by atoms with Crippen LogP contribution in [0.15, 0.2) is 24.3 Å². The summed E-state index contributed by atoms with van der Waals surface area (Å²) in [5, 5.41) is 0. The summed E-state index contributed by atoms with van der Waals surface area (Å²) in [5.74, 6) is 1.51. The van der Waals surface area contributed by atoms with Crippen molar-refractivity contribution in [2.24, 2.45) is 5.92 Å². The SMILES string of the molecule is BrC1(Br)[C@@H]2c3ccccc3CC[C@@H]21. The molecule has 1 aromatic carbocycles. The third kappa shape index (κ3) is 1.08. The standard InChI is InChI=1S/C11H10Br2/c12-11(13)9-6-5-7-3-1-2-4-8(7)10(9)11/h1-4,9-10H,5-6H2/t9-,10+/m0/s1. The lowest BCUT2D eigenvalue weighted by atomic mass is 9.92. The summed E-state index contributed by atoms with van der Waals surface area (Å²) >= 11 is 7.53. The molecule has 0 saturated heterocycles. The summed E-state index contributed by atoms with van der Waals surface area (Å²) in [7, 11) is 0. The number of halogens is 2. The number of alkyl halides is 2. The molecule has 68 valence electrons. The lowest BCUT2D eigenvalue weighted by Crippen LogP contribution is -2.00. The Morgan fingerprint density at radius 1 is 1.23 bits per heavy atom. The molecule has 0 bridgehead atoms. The van der Waals surface area contributed by atoms with Gasteiger partial charge >= 0.3 is 0 Å². The third-order valence-electron chi connectivity index (χ3n) is 3.32. The van der Waals surface area contributed by atoms with E-state index >= 15 is 0 Å². The minimum atomic E-state index is 0.215. The number of rotatable bonds is 0. The summed E-state index contributed by atoms with van der Waals surface area (Å²) in [5.41, 5.74) is 3.09. The minimum absolute atomic E-state index is 0.215.